The Bertz CT molecular complexity index is 473. The maximum atomic E-state index is 11.5. The Morgan fingerprint density at radius 3 is 2.64 bits per heavy atom. The minimum Gasteiger partial charge on any atom is -0.356 e. The highest BCUT2D eigenvalue weighted by Gasteiger charge is 2.05. The molecule has 2 N–H and O–H groups in total. The molecule has 0 bridgehead atoms. The fourth-order valence-corrected chi connectivity index (χ4v) is 1.77. The summed E-state index contributed by atoms with van der Waals surface area (Å²) in [5.74, 6) is 1.75. The zero-order chi connectivity index (χ0) is 15.7. The molecule has 1 aromatic heterocycles. The third-order valence-electron chi connectivity index (χ3n) is 3.01. The summed E-state index contributed by atoms with van der Waals surface area (Å²) in [7, 11) is 5.21. The molecule has 0 aliphatic rings. The largest absolute Gasteiger partial charge is 0.356 e. The van der Waals surface area contributed by atoms with Gasteiger partial charge in [-0.1, -0.05) is 6.92 Å². The molecule has 0 saturated heterocycles. The lowest BCUT2D eigenvalue weighted by molar-refractivity contribution is -0.128. The van der Waals surface area contributed by atoms with Gasteiger partial charge < -0.3 is 20.1 Å². The van der Waals surface area contributed by atoms with E-state index in [0.717, 1.165) is 18.8 Å². The number of aliphatic imine (C=N–C) groups is 1. The van der Waals surface area contributed by atoms with Crippen molar-refractivity contribution in [3.05, 3.63) is 12.2 Å². The zero-order valence-corrected chi connectivity index (χ0v) is 16.0. The number of nitrogens with zero attached hydrogens (tertiary/aromatic N) is 5. The maximum Gasteiger partial charge on any atom is 0.223 e. The Labute approximate surface area is 148 Å². The van der Waals surface area contributed by atoms with Crippen LogP contribution in [0.3, 0.4) is 0 Å². The van der Waals surface area contributed by atoms with Crippen LogP contribution in [-0.2, 0) is 17.8 Å². The minimum atomic E-state index is 0. The molecule has 1 amide bonds. The fourth-order valence-electron chi connectivity index (χ4n) is 1.77. The van der Waals surface area contributed by atoms with Crippen molar-refractivity contribution in [2.75, 3.05) is 34.2 Å². The summed E-state index contributed by atoms with van der Waals surface area (Å²) in [4.78, 5) is 17.2. The molecular weight excluding hydrogens is 397 g/mol. The Hall–Kier alpha value is -1.39. The monoisotopic (exact) mass is 423 g/mol. The Balaban J connectivity index is 0.00000441. The summed E-state index contributed by atoms with van der Waals surface area (Å²) >= 11 is 0. The number of hydrogen-bond acceptors (Lipinski definition) is 4. The van der Waals surface area contributed by atoms with Gasteiger partial charge in [0.25, 0.3) is 0 Å². The van der Waals surface area contributed by atoms with E-state index in [4.69, 9.17) is 0 Å². The van der Waals surface area contributed by atoms with E-state index < -0.39 is 0 Å². The number of amides is 1. The molecule has 0 radical (unpaired) electrons. The van der Waals surface area contributed by atoms with E-state index in [-0.39, 0.29) is 29.9 Å². The molecule has 1 aromatic rings. The van der Waals surface area contributed by atoms with Crippen LogP contribution in [0.25, 0.3) is 0 Å². The normalized spacial score (nSPS) is 10.8. The average Bonchev–Trinajstić information content (AvgIpc) is 2.92. The second-order valence-corrected chi connectivity index (χ2v) is 4.76. The van der Waals surface area contributed by atoms with Gasteiger partial charge in [-0.05, 0) is 0 Å². The van der Waals surface area contributed by atoms with E-state index in [1.807, 2.05) is 4.57 Å². The molecule has 0 atom stereocenters. The average molecular weight is 423 g/mol. The highest BCUT2D eigenvalue weighted by atomic mass is 127. The molecule has 0 unspecified atom stereocenters. The molecular formula is C13H26IN7O. The van der Waals surface area contributed by atoms with Crippen molar-refractivity contribution in [3.63, 3.8) is 0 Å². The Kier molecular flexibility index (Phi) is 10.5. The SMILES string of the molecule is CCc1nncn1CCNC(=NC)NCCC(=O)N(C)C.I. The zero-order valence-electron chi connectivity index (χ0n) is 13.7. The number of aromatic nitrogens is 3. The summed E-state index contributed by atoms with van der Waals surface area (Å²) in [6.07, 6.45) is 3.03. The fraction of sp³-hybridized carbons (Fsp3) is 0.692. The van der Waals surface area contributed by atoms with Crippen LogP contribution in [0.1, 0.15) is 19.2 Å². The smallest absolute Gasteiger partial charge is 0.223 e. The number of guanidine groups is 1. The van der Waals surface area contributed by atoms with Gasteiger partial charge in [0.1, 0.15) is 12.2 Å². The standard InChI is InChI=1S/C13H25N7O.HI/c1-5-11-18-17-10-20(11)9-8-16-13(14-2)15-7-6-12(21)19(3)4;/h10H,5-9H2,1-4H3,(H2,14,15,16);1H. The molecule has 0 spiro atoms. The topological polar surface area (TPSA) is 87.4 Å². The van der Waals surface area contributed by atoms with Crippen LogP contribution < -0.4 is 10.6 Å². The summed E-state index contributed by atoms with van der Waals surface area (Å²) < 4.78 is 2.01. The van der Waals surface area contributed by atoms with Gasteiger partial charge in [0.2, 0.25) is 5.91 Å². The van der Waals surface area contributed by atoms with Crippen molar-refractivity contribution < 1.29 is 4.79 Å². The molecule has 0 aliphatic heterocycles. The van der Waals surface area contributed by atoms with Crippen LogP contribution in [0, 0.1) is 0 Å². The van der Waals surface area contributed by atoms with Gasteiger partial charge in [0, 0.05) is 53.6 Å². The van der Waals surface area contributed by atoms with Crippen LogP contribution in [0.5, 0.6) is 0 Å². The molecule has 0 aliphatic carbocycles. The number of halogens is 1. The third kappa shape index (κ3) is 7.05. The first-order valence-corrected chi connectivity index (χ1v) is 7.09. The Morgan fingerprint density at radius 2 is 2.05 bits per heavy atom. The molecule has 1 rings (SSSR count). The first-order chi connectivity index (χ1) is 10.1. The van der Waals surface area contributed by atoms with E-state index >= 15 is 0 Å². The van der Waals surface area contributed by atoms with Crippen molar-refractivity contribution in [3.8, 4) is 0 Å². The lowest BCUT2D eigenvalue weighted by atomic mass is 10.4. The summed E-state index contributed by atoms with van der Waals surface area (Å²) in [5, 5.41) is 14.2. The predicted molar refractivity (Wildman–Crippen MR) is 97.5 cm³/mol. The molecule has 8 nitrogen and oxygen atoms in total. The first kappa shape index (κ1) is 20.6. The van der Waals surface area contributed by atoms with Crippen LogP contribution in [0.4, 0.5) is 0 Å². The lowest BCUT2D eigenvalue weighted by Gasteiger charge is -2.14. The van der Waals surface area contributed by atoms with E-state index in [0.29, 0.717) is 25.5 Å². The second kappa shape index (κ2) is 11.2. The van der Waals surface area contributed by atoms with E-state index in [1.54, 1.807) is 32.4 Å². The minimum absolute atomic E-state index is 0. The van der Waals surface area contributed by atoms with Gasteiger partial charge in [-0.3, -0.25) is 9.79 Å². The highest BCUT2D eigenvalue weighted by molar-refractivity contribution is 14.0. The summed E-state index contributed by atoms with van der Waals surface area (Å²) in [6.45, 7) is 4.10. The number of nitrogens with one attached hydrogen (secondary N) is 2. The van der Waals surface area contributed by atoms with Gasteiger partial charge >= 0.3 is 0 Å². The maximum absolute atomic E-state index is 11.5. The summed E-state index contributed by atoms with van der Waals surface area (Å²) in [5.41, 5.74) is 0. The van der Waals surface area contributed by atoms with Crippen molar-refractivity contribution >= 4 is 35.8 Å². The molecule has 22 heavy (non-hydrogen) atoms. The predicted octanol–water partition coefficient (Wildman–Crippen LogP) is 0.102. The molecule has 0 saturated carbocycles. The number of aryl methyl sites for hydroxylation is 1. The van der Waals surface area contributed by atoms with Crippen LogP contribution >= 0.6 is 24.0 Å². The Morgan fingerprint density at radius 1 is 1.36 bits per heavy atom. The molecule has 1 heterocycles. The number of rotatable bonds is 7. The van der Waals surface area contributed by atoms with E-state index in [2.05, 4.69) is 32.7 Å². The number of carbonyl (C=O) groups excluding carboxylic acids is 1. The molecule has 0 aromatic carbocycles. The van der Waals surface area contributed by atoms with E-state index in [9.17, 15) is 4.79 Å². The first-order valence-electron chi connectivity index (χ1n) is 7.09. The van der Waals surface area contributed by atoms with Crippen molar-refractivity contribution in [2.45, 2.75) is 26.3 Å². The van der Waals surface area contributed by atoms with Crippen LogP contribution in [0.15, 0.2) is 11.3 Å². The second-order valence-electron chi connectivity index (χ2n) is 4.76. The lowest BCUT2D eigenvalue weighted by Crippen LogP contribution is -2.40. The highest BCUT2D eigenvalue weighted by Crippen LogP contribution is 1.94. The van der Waals surface area contributed by atoms with Gasteiger partial charge in [0.05, 0.1) is 0 Å². The van der Waals surface area contributed by atoms with Gasteiger partial charge in [-0.2, -0.15) is 0 Å². The quantitative estimate of drug-likeness (QED) is 0.369. The van der Waals surface area contributed by atoms with Gasteiger partial charge in [-0.15, -0.1) is 34.2 Å². The van der Waals surface area contributed by atoms with E-state index in [1.165, 1.54) is 0 Å². The third-order valence-corrected chi connectivity index (χ3v) is 3.01. The summed E-state index contributed by atoms with van der Waals surface area (Å²) in [6, 6.07) is 0. The van der Waals surface area contributed by atoms with Crippen LogP contribution in [-0.4, -0.2) is 65.8 Å². The van der Waals surface area contributed by atoms with Crippen LogP contribution in [0.2, 0.25) is 0 Å². The van der Waals surface area contributed by atoms with Crippen molar-refractivity contribution in [1.29, 1.82) is 0 Å². The molecule has 9 heteroatoms. The molecule has 0 fully saturated rings. The van der Waals surface area contributed by atoms with Crippen molar-refractivity contribution in [2.24, 2.45) is 4.99 Å². The van der Waals surface area contributed by atoms with Gasteiger partial charge in [-0.25, -0.2) is 0 Å². The van der Waals surface area contributed by atoms with Crippen molar-refractivity contribution in [1.82, 2.24) is 30.3 Å². The van der Waals surface area contributed by atoms with Gasteiger partial charge in [0.15, 0.2) is 5.96 Å². The number of carbonyl (C=O) groups is 1. The number of hydrogen-bond donors (Lipinski definition) is 2. The molecule has 126 valence electrons.